The molecule has 3 aromatic rings. The third-order valence-electron chi connectivity index (χ3n) is 2.67. The fourth-order valence-corrected chi connectivity index (χ4v) is 2.02. The Balaban J connectivity index is 1.78. The topological polar surface area (TPSA) is 61.3 Å². The van der Waals surface area contributed by atoms with Gasteiger partial charge in [0.15, 0.2) is 12.2 Å². The van der Waals surface area contributed by atoms with Crippen molar-refractivity contribution in [1.29, 1.82) is 0 Å². The lowest BCUT2D eigenvalue weighted by molar-refractivity contribution is 0.267. The standard InChI is InChI=1S/C14H11BrN2O2/c15-9-4-6-10(7-5-9)18-8-13-17-14-11(16)2-1-3-12(14)19-13/h1-7H,8,16H2. The zero-order valence-electron chi connectivity index (χ0n) is 9.97. The van der Waals surface area contributed by atoms with Crippen LogP contribution in [0.25, 0.3) is 11.1 Å². The fraction of sp³-hybridized carbons (Fsp3) is 0.0714. The summed E-state index contributed by atoms with van der Waals surface area (Å²) >= 11 is 3.37. The first-order valence-corrected chi connectivity index (χ1v) is 6.54. The molecule has 0 spiro atoms. The minimum absolute atomic E-state index is 0.274. The smallest absolute Gasteiger partial charge is 0.233 e. The van der Waals surface area contributed by atoms with E-state index in [-0.39, 0.29) is 6.61 Å². The van der Waals surface area contributed by atoms with Crippen molar-refractivity contribution in [3.63, 3.8) is 0 Å². The SMILES string of the molecule is Nc1cccc2oc(COc3ccc(Br)cc3)nc12. The molecule has 0 unspecified atom stereocenters. The molecule has 96 valence electrons. The number of ether oxygens (including phenoxy) is 1. The molecule has 0 amide bonds. The lowest BCUT2D eigenvalue weighted by atomic mass is 10.3. The molecule has 4 nitrogen and oxygen atoms in total. The van der Waals surface area contributed by atoms with Crippen LogP contribution in [0.2, 0.25) is 0 Å². The van der Waals surface area contributed by atoms with Gasteiger partial charge in [0.1, 0.15) is 11.3 Å². The number of hydrogen-bond donors (Lipinski definition) is 1. The number of para-hydroxylation sites is 1. The number of halogens is 1. The highest BCUT2D eigenvalue weighted by molar-refractivity contribution is 9.10. The Bertz CT molecular complexity index is 707. The molecule has 5 heteroatoms. The van der Waals surface area contributed by atoms with E-state index in [4.69, 9.17) is 14.9 Å². The van der Waals surface area contributed by atoms with Crippen LogP contribution in [-0.2, 0) is 6.61 Å². The molecule has 0 fully saturated rings. The van der Waals surface area contributed by atoms with Crippen molar-refractivity contribution < 1.29 is 9.15 Å². The molecule has 3 rings (SSSR count). The van der Waals surface area contributed by atoms with E-state index >= 15 is 0 Å². The Hall–Kier alpha value is -2.01. The molecule has 0 aliphatic heterocycles. The summed E-state index contributed by atoms with van der Waals surface area (Å²) in [4.78, 5) is 4.32. The van der Waals surface area contributed by atoms with Crippen LogP contribution in [0.3, 0.4) is 0 Å². The number of nitrogens with two attached hydrogens (primary N) is 1. The van der Waals surface area contributed by atoms with E-state index in [2.05, 4.69) is 20.9 Å². The van der Waals surface area contributed by atoms with Crippen LogP contribution in [0.15, 0.2) is 51.4 Å². The average Bonchev–Trinajstić information content (AvgIpc) is 2.83. The number of hydrogen-bond acceptors (Lipinski definition) is 4. The predicted molar refractivity (Wildman–Crippen MR) is 76.9 cm³/mol. The van der Waals surface area contributed by atoms with E-state index in [9.17, 15) is 0 Å². The van der Waals surface area contributed by atoms with E-state index in [1.165, 1.54) is 0 Å². The molecule has 0 atom stereocenters. The van der Waals surface area contributed by atoms with Gasteiger partial charge in [-0.2, -0.15) is 0 Å². The predicted octanol–water partition coefficient (Wildman–Crippen LogP) is 3.75. The molecule has 19 heavy (non-hydrogen) atoms. The van der Waals surface area contributed by atoms with Gasteiger partial charge in [-0.25, -0.2) is 4.98 Å². The molecule has 1 heterocycles. The van der Waals surface area contributed by atoms with Gasteiger partial charge in [0.25, 0.3) is 0 Å². The summed E-state index contributed by atoms with van der Waals surface area (Å²) in [5.41, 5.74) is 7.79. The lowest BCUT2D eigenvalue weighted by Gasteiger charge is -2.02. The number of benzene rings is 2. The molecule has 2 N–H and O–H groups in total. The van der Waals surface area contributed by atoms with E-state index in [0.29, 0.717) is 22.7 Å². The molecule has 0 aliphatic rings. The number of rotatable bonds is 3. The minimum Gasteiger partial charge on any atom is -0.484 e. The van der Waals surface area contributed by atoms with Crippen LogP contribution in [0.5, 0.6) is 5.75 Å². The van der Waals surface area contributed by atoms with Crippen molar-refractivity contribution in [2.75, 3.05) is 5.73 Å². The van der Waals surface area contributed by atoms with E-state index in [1.807, 2.05) is 36.4 Å². The Kier molecular flexibility index (Phi) is 3.13. The third kappa shape index (κ3) is 2.56. The van der Waals surface area contributed by atoms with Gasteiger partial charge in [0, 0.05) is 4.47 Å². The number of anilines is 1. The van der Waals surface area contributed by atoms with Crippen molar-refractivity contribution in [2.24, 2.45) is 0 Å². The molecule has 0 saturated heterocycles. The largest absolute Gasteiger partial charge is 0.484 e. The van der Waals surface area contributed by atoms with Gasteiger partial charge in [0.05, 0.1) is 5.69 Å². The van der Waals surface area contributed by atoms with Gasteiger partial charge >= 0.3 is 0 Å². The lowest BCUT2D eigenvalue weighted by Crippen LogP contribution is -1.95. The summed E-state index contributed by atoms with van der Waals surface area (Å²) in [6.45, 7) is 0.274. The van der Waals surface area contributed by atoms with Crippen LogP contribution in [0.1, 0.15) is 5.89 Å². The Labute approximate surface area is 118 Å². The number of oxazole rings is 1. The van der Waals surface area contributed by atoms with Gasteiger partial charge < -0.3 is 14.9 Å². The molecule has 2 aromatic carbocycles. The second-order valence-corrected chi connectivity index (χ2v) is 4.96. The van der Waals surface area contributed by atoms with E-state index in [1.54, 1.807) is 6.07 Å². The Morgan fingerprint density at radius 3 is 2.68 bits per heavy atom. The van der Waals surface area contributed by atoms with E-state index < -0.39 is 0 Å². The fourth-order valence-electron chi connectivity index (χ4n) is 1.75. The minimum atomic E-state index is 0.274. The third-order valence-corrected chi connectivity index (χ3v) is 3.20. The molecule has 0 bridgehead atoms. The Morgan fingerprint density at radius 1 is 1.16 bits per heavy atom. The number of nitrogen functional groups attached to an aromatic ring is 1. The maximum Gasteiger partial charge on any atom is 0.233 e. The molecular formula is C14H11BrN2O2. The highest BCUT2D eigenvalue weighted by Crippen LogP contribution is 2.22. The van der Waals surface area contributed by atoms with Gasteiger partial charge in [-0.3, -0.25) is 0 Å². The first-order chi connectivity index (χ1) is 9.22. The van der Waals surface area contributed by atoms with Gasteiger partial charge in [-0.15, -0.1) is 0 Å². The maximum atomic E-state index is 5.82. The Morgan fingerprint density at radius 2 is 1.95 bits per heavy atom. The highest BCUT2D eigenvalue weighted by atomic mass is 79.9. The maximum absolute atomic E-state index is 5.82. The van der Waals surface area contributed by atoms with Crippen molar-refractivity contribution in [1.82, 2.24) is 4.98 Å². The van der Waals surface area contributed by atoms with Crippen LogP contribution in [0.4, 0.5) is 5.69 Å². The van der Waals surface area contributed by atoms with Crippen molar-refractivity contribution in [3.05, 3.63) is 52.8 Å². The highest BCUT2D eigenvalue weighted by Gasteiger charge is 2.08. The summed E-state index contributed by atoms with van der Waals surface area (Å²) in [5, 5.41) is 0. The first-order valence-electron chi connectivity index (χ1n) is 5.74. The zero-order chi connectivity index (χ0) is 13.2. The zero-order valence-corrected chi connectivity index (χ0v) is 11.6. The summed E-state index contributed by atoms with van der Waals surface area (Å²) in [5.74, 6) is 1.27. The normalized spacial score (nSPS) is 10.8. The van der Waals surface area contributed by atoms with E-state index in [0.717, 1.165) is 10.2 Å². The quantitative estimate of drug-likeness (QED) is 0.747. The summed E-state index contributed by atoms with van der Waals surface area (Å²) in [7, 11) is 0. The molecular weight excluding hydrogens is 308 g/mol. The molecule has 0 aliphatic carbocycles. The second kappa shape index (κ2) is 4.93. The van der Waals surface area contributed by atoms with Crippen LogP contribution in [-0.4, -0.2) is 4.98 Å². The number of aromatic nitrogens is 1. The molecule has 0 radical (unpaired) electrons. The number of nitrogens with zero attached hydrogens (tertiary/aromatic N) is 1. The van der Waals surface area contributed by atoms with Crippen molar-refractivity contribution >= 4 is 32.7 Å². The second-order valence-electron chi connectivity index (χ2n) is 4.04. The summed E-state index contributed by atoms with van der Waals surface area (Å²) in [6, 6.07) is 13.1. The van der Waals surface area contributed by atoms with Gasteiger partial charge in [-0.05, 0) is 36.4 Å². The van der Waals surface area contributed by atoms with Crippen LogP contribution < -0.4 is 10.5 Å². The van der Waals surface area contributed by atoms with Crippen molar-refractivity contribution in [2.45, 2.75) is 6.61 Å². The van der Waals surface area contributed by atoms with Crippen LogP contribution in [0, 0.1) is 0 Å². The first kappa shape index (κ1) is 12.0. The molecule has 1 aromatic heterocycles. The monoisotopic (exact) mass is 318 g/mol. The van der Waals surface area contributed by atoms with Gasteiger partial charge in [0.2, 0.25) is 5.89 Å². The summed E-state index contributed by atoms with van der Waals surface area (Å²) in [6.07, 6.45) is 0. The van der Waals surface area contributed by atoms with Crippen LogP contribution >= 0.6 is 15.9 Å². The van der Waals surface area contributed by atoms with Gasteiger partial charge in [-0.1, -0.05) is 22.0 Å². The average molecular weight is 319 g/mol. The summed E-state index contributed by atoms with van der Waals surface area (Å²) < 4.78 is 12.2. The van der Waals surface area contributed by atoms with Crippen molar-refractivity contribution in [3.8, 4) is 5.75 Å². The molecule has 0 saturated carbocycles. The number of fused-ring (bicyclic) bond motifs is 1.